The van der Waals surface area contributed by atoms with Crippen LogP contribution in [0, 0.1) is 12.8 Å². The lowest BCUT2D eigenvalue weighted by Gasteiger charge is -2.15. The van der Waals surface area contributed by atoms with Gasteiger partial charge in [-0.25, -0.2) is 0 Å². The average molecular weight is 287 g/mol. The van der Waals surface area contributed by atoms with Crippen LogP contribution in [0.4, 0.5) is 0 Å². The Balaban J connectivity index is 1.62. The molecular formula is C16H21N3O2. The predicted molar refractivity (Wildman–Crippen MR) is 78.7 cm³/mol. The van der Waals surface area contributed by atoms with Gasteiger partial charge in [0.25, 0.3) is 0 Å². The summed E-state index contributed by atoms with van der Waals surface area (Å²) in [6.45, 7) is 4.86. The first-order valence-electron chi connectivity index (χ1n) is 7.31. The van der Waals surface area contributed by atoms with Gasteiger partial charge in [-0.05, 0) is 24.6 Å². The molecule has 1 saturated heterocycles. The fourth-order valence-corrected chi connectivity index (χ4v) is 3.04. The van der Waals surface area contributed by atoms with E-state index in [1.165, 1.54) is 5.56 Å². The van der Waals surface area contributed by atoms with Gasteiger partial charge in [0.15, 0.2) is 0 Å². The van der Waals surface area contributed by atoms with Crippen molar-refractivity contribution < 1.29 is 9.26 Å². The van der Waals surface area contributed by atoms with Gasteiger partial charge >= 0.3 is 0 Å². The Kier molecular flexibility index (Phi) is 4.31. The molecule has 2 aromatic heterocycles. The molecule has 0 N–H and O–H groups in total. The summed E-state index contributed by atoms with van der Waals surface area (Å²) in [6, 6.07) is 6.14. The van der Waals surface area contributed by atoms with Crippen LogP contribution in [-0.4, -0.2) is 41.3 Å². The zero-order valence-corrected chi connectivity index (χ0v) is 12.5. The number of methoxy groups -OCH3 is 1. The van der Waals surface area contributed by atoms with Gasteiger partial charge < -0.3 is 9.26 Å². The van der Waals surface area contributed by atoms with Crippen LogP contribution in [0.2, 0.25) is 0 Å². The minimum absolute atomic E-state index is 0.247. The van der Waals surface area contributed by atoms with Crippen LogP contribution in [-0.2, 0) is 17.7 Å². The maximum atomic E-state index is 5.65. The first-order chi connectivity index (χ1) is 10.2. The van der Waals surface area contributed by atoms with Gasteiger partial charge in [-0.2, -0.15) is 0 Å². The molecule has 0 saturated carbocycles. The molecule has 0 bridgehead atoms. The Hall–Kier alpha value is -1.72. The van der Waals surface area contributed by atoms with Crippen molar-refractivity contribution in [3.63, 3.8) is 0 Å². The number of nitrogens with zero attached hydrogens (tertiary/aromatic N) is 3. The summed E-state index contributed by atoms with van der Waals surface area (Å²) in [5.74, 6) is 1.40. The topological polar surface area (TPSA) is 51.4 Å². The molecule has 5 heteroatoms. The Morgan fingerprint density at radius 1 is 1.33 bits per heavy atom. The molecule has 1 aliphatic heterocycles. The Bertz CT molecular complexity index is 570. The van der Waals surface area contributed by atoms with E-state index in [9.17, 15) is 0 Å². The number of rotatable bonds is 5. The van der Waals surface area contributed by atoms with Crippen molar-refractivity contribution in [2.24, 2.45) is 5.92 Å². The van der Waals surface area contributed by atoms with Gasteiger partial charge in [0.1, 0.15) is 5.76 Å². The van der Waals surface area contributed by atoms with E-state index in [1.807, 2.05) is 25.4 Å². The predicted octanol–water partition coefficient (Wildman–Crippen LogP) is 2.07. The molecule has 0 aliphatic carbocycles. The maximum absolute atomic E-state index is 5.65. The zero-order valence-electron chi connectivity index (χ0n) is 12.5. The normalized spacial score (nSPS) is 22.8. The first-order valence-corrected chi connectivity index (χ1v) is 7.31. The van der Waals surface area contributed by atoms with E-state index < -0.39 is 0 Å². The van der Waals surface area contributed by atoms with E-state index in [0.717, 1.165) is 37.5 Å². The highest BCUT2D eigenvalue weighted by molar-refractivity contribution is 5.10. The molecule has 0 aromatic carbocycles. The molecule has 1 aliphatic rings. The van der Waals surface area contributed by atoms with Crippen LogP contribution in [0.5, 0.6) is 0 Å². The lowest BCUT2D eigenvalue weighted by atomic mass is 10.0. The Labute approximate surface area is 124 Å². The summed E-state index contributed by atoms with van der Waals surface area (Å²) in [5, 5.41) is 3.96. The van der Waals surface area contributed by atoms with E-state index in [-0.39, 0.29) is 6.10 Å². The highest BCUT2D eigenvalue weighted by Gasteiger charge is 2.33. The van der Waals surface area contributed by atoms with Crippen molar-refractivity contribution in [3.05, 3.63) is 47.6 Å². The molecule has 2 atom stereocenters. The molecule has 21 heavy (non-hydrogen) atoms. The van der Waals surface area contributed by atoms with E-state index in [2.05, 4.69) is 27.2 Å². The number of ether oxygens (including phenoxy) is 1. The number of likely N-dealkylation sites (tertiary alicyclic amines) is 1. The highest BCUT2D eigenvalue weighted by atomic mass is 16.5. The van der Waals surface area contributed by atoms with Crippen molar-refractivity contribution in [3.8, 4) is 0 Å². The van der Waals surface area contributed by atoms with Gasteiger partial charge in [-0.15, -0.1) is 0 Å². The van der Waals surface area contributed by atoms with E-state index in [4.69, 9.17) is 9.26 Å². The lowest BCUT2D eigenvalue weighted by Crippen LogP contribution is -2.23. The largest absolute Gasteiger partial charge is 0.380 e. The second-order valence-corrected chi connectivity index (χ2v) is 5.72. The van der Waals surface area contributed by atoms with E-state index in [1.54, 1.807) is 7.11 Å². The molecule has 3 rings (SSSR count). The van der Waals surface area contributed by atoms with Crippen LogP contribution < -0.4 is 0 Å². The smallest absolute Gasteiger partial charge is 0.137 e. The molecule has 0 spiro atoms. The fourth-order valence-electron chi connectivity index (χ4n) is 3.04. The van der Waals surface area contributed by atoms with E-state index >= 15 is 0 Å². The van der Waals surface area contributed by atoms with Crippen LogP contribution in [0.1, 0.15) is 17.0 Å². The lowest BCUT2D eigenvalue weighted by molar-refractivity contribution is 0.0761. The molecule has 2 aromatic rings. The minimum atomic E-state index is 0.247. The van der Waals surface area contributed by atoms with Crippen LogP contribution in [0.15, 0.2) is 35.1 Å². The number of aryl methyl sites for hydroxylation is 1. The number of hydrogen-bond donors (Lipinski definition) is 0. The molecular weight excluding hydrogens is 266 g/mol. The third kappa shape index (κ3) is 3.49. The molecule has 0 unspecified atom stereocenters. The summed E-state index contributed by atoms with van der Waals surface area (Å²) in [5.41, 5.74) is 2.22. The van der Waals surface area contributed by atoms with Gasteiger partial charge in [-0.1, -0.05) is 5.16 Å². The zero-order chi connectivity index (χ0) is 14.7. The third-order valence-corrected chi connectivity index (χ3v) is 4.06. The Morgan fingerprint density at radius 3 is 2.81 bits per heavy atom. The van der Waals surface area contributed by atoms with Crippen LogP contribution in [0.3, 0.4) is 0 Å². The van der Waals surface area contributed by atoms with Crippen molar-refractivity contribution >= 4 is 0 Å². The molecule has 1 fully saturated rings. The highest BCUT2D eigenvalue weighted by Crippen LogP contribution is 2.25. The van der Waals surface area contributed by atoms with Gasteiger partial charge in [0.2, 0.25) is 0 Å². The van der Waals surface area contributed by atoms with Crippen molar-refractivity contribution in [1.29, 1.82) is 0 Å². The van der Waals surface area contributed by atoms with Gasteiger partial charge in [-0.3, -0.25) is 9.88 Å². The van der Waals surface area contributed by atoms with Crippen molar-refractivity contribution in [2.45, 2.75) is 26.0 Å². The molecule has 112 valence electrons. The summed E-state index contributed by atoms with van der Waals surface area (Å²) in [6.07, 6.45) is 4.81. The average Bonchev–Trinajstić information content (AvgIpc) is 3.07. The number of pyridine rings is 1. The summed E-state index contributed by atoms with van der Waals surface area (Å²) >= 11 is 0. The summed E-state index contributed by atoms with van der Waals surface area (Å²) < 4.78 is 11.0. The monoisotopic (exact) mass is 287 g/mol. The van der Waals surface area contributed by atoms with Gasteiger partial charge in [0, 0.05) is 57.5 Å². The van der Waals surface area contributed by atoms with Gasteiger partial charge in [0.05, 0.1) is 11.8 Å². The second-order valence-electron chi connectivity index (χ2n) is 5.72. The Morgan fingerprint density at radius 2 is 2.14 bits per heavy atom. The SMILES string of the molecule is CO[C@H]1CN(Cc2ccncc2)C[C@H]1Cc1cc(C)no1. The number of aromatic nitrogens is 2. The molecule has 5 nitrogen and oxygen atoms in total. The summed E-state index contributed by atoms with van der Waals surface area (Å²) in [4.78, 5) is 6.49. The fraction of sp³-hybridized carbons (Fsp3) is 0.500. The first kappa shape index (κ1) is 14.2. The van der Waals surface area contributed by atoms with Crippen LogP contribution >= 0.6 is 0 Å². The minimum Gasteiger partial charge on any atom is -0.380 e. The summed E-state index contributed by atoms with van der Waals surface area (Å²) in [7, 11) is 1.79. The van der Waals surface area contributed by atoms with E-state index in [0.29, 0.717) is 5.92 Å². The standard InChI is InChI=1S/C16H21N3O2/c1-12-7-15(21-18-12)8-14-10-19(11-16(14)20-2)9-13-3-5-17-6-4-13/h3-7,14,16H,8-11H2,1-2H3/t14-,16+/m1/s1. The molecule has 0 amide bonds. The number of hydrogen-bond acceptors (Lipinski definition) is 5. The molecule has 0 radical (unpaired) electrons. The van der Waals surface area contributed by atoms with Crippen molar-refractivity contribution in [1.82, 2.24) is 15.0 Å². The maximum Gasteiger partial charge on any atom is 0.137 e. The van der Waals surface area contributed by atoms with Crippen molar-refractivity contribution in [2.75, 3.05) is 20.2 Å². The van der Waals surface area contributed by atoms with Crippen LogP contribution in [0.25, 0.3) is 0 Å². The third-order valence-electron chi connectivity index (χ3n) is 4.06. The second kappa shape index (κ2) is 6.37. The molecule has 3 heterocycles. The quantitative estimate of drug-likeness (QED) is 0.842.